The summed E-state index contributed by atoms with van der Waals surface area (Å²) in [5.41, 5.74) is 9.71. The van der Waals surface area contributed by atoms with Gasteiger partial charge >= 0.3 is 0 Å². The number of hydrogen-bond donors (Lipinski definition) is 1. The van der Waals surface area contributed by atoms with E-state index in [2.05, 4.69) is 41.9 Å². The van der Waals surface area contributed by atoms with Crippen molar-refractivity contribution >= 4 is 15.9 Å². The Hall–Kier alpha value is -0.340. The predicted molar refractivity (Wildman–Crippen MR) is 61.0 cm³/mol. The van der Waals surface area contributed by atoms with Crippen LogP contribution < -0.4 is 5.73 Å². The maximum atomic E-state index is 5.77. The normalized spacial score (nSPS) is 13.0. The third-order valence-corrected chi connectivity index (χ3v) is 3.45. The highest BCUT2D eigenvalue weighted by Crippen LogP contribution is 2.24. The van der Waals surface area contributed by atoms with Gasteiger partial charge in [0.15, 0.2) is 0 Å². The topological polar surface area (TPSA) is 26.0 Å². The summed E-state index contributed by atoms with van der Waals surface area (Å²) in [5, 5.41) is 0. The van der Waals surface area contributed by atoms with Gasteiger partial charge in [-0.05, 0) is 43.9 Å². The molecular weight excluding hydrogens is 226 g/mol. The standard InChI is InChI=1S/C11H16BrN/c1-7-4-5-10(6-8(2)13)9(3)11(7)12/h4-5,8H,6,13H2,1-3H3/t8-/m0/s1. The van der Waals surface area contributed by atoms with Crippen LogP contribution >= 0.6 is 15.9 Å². The molecule has 1 nitrogen and oxygen atoms in total. The predicted octanol–water partition coefficient (Wildman–Crippen LogP) is 2.96. The van der Waals surface area contributed by atoms with Gasteiger partial charge in [0.2, 0.25) is 0 Å². The lowest BCUT2D eigenvalue weighted by Crippen LogP contribution is -2.18. The molecule has 0 unspecified atom stereocenters. The van der Waals surface area contributed by atoms with Crippen molar-refractivity contribution in [3.8, 4) is 0 Å². The zero-order valence-corrected chi connectivity index (χ0v) is 9.98. The van der Waals surface area contributed by atoms with E-state index in [1.165, 1.54) is 21.2 Å². The van der Waals surface area contributed by atoms with Crippen LogP contribution in [0.15, 0.2) is 16.6 Å². The van der Waals surface area contributed by atoms with Crippen molar-refractivity contribution in [3.05, 3.63) is 33.3 Å². The largest absolute Gasteiger partial charge is 0.328 e. The number of halogens is 1. The third kappa shape index (κ3) is 2.55. The Bertz CT molecular complexity index is 305. The highest BCUT2D eigenvalue weighted by Gasteiger charge is 2.06. The molecule has 0 saturated heterocycles. The van der Waals surface area contributed by atoms with Crippen LogP contribution in [0.2, 0.25) is 0 Å². The fourth-order valence-electron chi connectivity index (χ4n) is 1.43. The number of benzene rings is 1. The minimum absolute atomic E-state index is 0.230. The summed E-state index contributed by atoms with van der Waals surface area (Å²) in [4.78, 5) is 0. The molecule has 0 heterocycles. The summed E-state index contributed by atoms with van der Waals surface area (Å²) in [6.07, 6.45) is 0.949. The second kappa shape index (κ2) is 4.25. The highest BCUT2D eigenvalue weighted by atomic mass is 79.9. The molecule has 1 aromatic rings. The van der Waals surface area contributed by atoms with Gasteiger partial charge in [-0.2, -0.15) is 0 Å². The Morgan fingerprint density at radius 3 is 2.54 bits per heavy atom. The molecule has 0 radical (unpaired) electrons. The van der Waals surface area contributed by atoms with E-state index in [9.17, 15) is 0 Å². The SMILES string of the molecule is Cc1ccc(C[C@H](C)N)c(C)c1Br. The van der Waals surface area contributed by atoms with E-state index in [1.54, 1.807) is 0 Å². The summed E-state index contributed by atoms with van der Waals surface area (Å²) < 4.78 is 1.21. The summed E-state index contributed by atoms with van der Waals surface area (Å²) >= 11 is 3.58. The van der Waals surface area contributed by atoms with Gasteiger partial charge in [-0.1, -0.05) is 28.1 Å². The Kier molecular flexibility index (Phi) is 3.51. The zero-order valence-electron chi connectivity index (χ0n) is 8.39. The van der Waals surface area contributed by atoms with Gasteiger partial charge in [0.05, 0.1) is 0 Å². The maximum Gasteiger partial charge on any atom is 0.0236 e. The molecule has 1 aromatic carbocycles. The summed E-state index contributed by atoms with van der Waals surface area (Å²) in [6.45, 7) is 6.27. The Labute approximate surface area is 88.5 Å². The lowest BCUT2D eigenvalue weighted by atomic mass is 10.0. The monoisotopic (exact) mass is 241 g/mol. The molecule has 0 amide bonds. The molecule has 0 fully saturated rings. The van der Waals surface area contributed by atoms with Crippen molar-refractivity contribution in [1.29, 1.82) is 0 Å². The van der Waals surface area contributed by atoms with E-state index < -0.39 is 0 Å². The van der Waals surface area contributed by atoms with Gasteiger partial charge in [-0.3, -0.25) is 0 Å². The van der Waals surface area contributed by atoms with Crippen LogP contribution in [0.4, 0.5) is 0 Å². The molecule has 1 atom stereocenters. The van der Waals surface area contributed by atoms with Crippen molar-refractivity contribution in [1.82, 2.24) is 0 Å². The second-order valence-electron chi connectivity index (χ2n) is 3.66. The fraction of sp³-hybridized carbons (Fsp3) is 0.455. The van der Waals surface area contributed by atoms with E-state index in [-0.39, 0.29) is 6.04 Å². The van der Waals surface area contributed by atoms with Gasteiger partial charge in [0.1, 0.15) is 0 Å². The molecule has 0 aliphatic heterocycles. The first-order valence-corrected chi connectivity index (χ1v) is 5.32. The average Bonchev–Trinajstić information content (AvgIpc) is 2.06. The molecule has 0 bridgehead atoms. The molecule has 1 rings (SSSR count). The lowest BCUT2D eigenvalue weighted by molar-refractivity contribution is 0.734. The van der Waals surface area contributed by atoms with Crippen molar-refractivity contribution in [2.45, 2.75) is 33.2 Å². The van der Waals surface area contributed by atoms with Gasteiger partial charge in [-0.25, -0.2) is 0 Å². The molecule has 0 aliphatic carbocycles. The van der Waals surface area contributed by atoms with Crippen LogP contribution in [0.5, 0.6) is 0 Å². The summed E-state index contributed by atoms with van der Waals surface area (Å²) in [6, 6.07) is 4.53. The average molecular weight is 242 g/mol. The van der Waals surface area contributed by atoms with E-state index in [0.717, 1.165) is 6.42 Å². The Balaban J connectivity index is 3.04. The van der Waals surface area contributed by atoms with Crippen molar-refractivity contribution < 1.29 is 0 Å². The van der Waals surface area contributed by atoms with Crippen LogP contribution in [0.25, 0.3) is 0 Å². The number of rotatable bonds is 2. The van der Waals surface area contributed by atoms with Crippen LogP contribution in [-0.2, 0) is 6.42 Å². The molecule has 2 heteroatoms. The molecule has 0 saturated carbocycles. The minimum Gasteiger partial charge on any atom is -0.328 e. The number of aryl methyl sites for hydroxylation is 1. The Morgan fingerprint density at radius 1 is 1.38 bits per heavy atom. The lowest BCUT2D eigenvalue weighted by Gasteiger charge is -2.11. The quantitative estimate of drug-likeness (QED) is 0.847. The molecule has 0 aromatic heterocycles. The van der Waals surface area contributed by atoms with E-state index in [4.69, 9.17) is 5.73 Å². The number of nitrogens with two attached hydrogens (primary N) is 1. The zero-order chi connectivity index (χ0) is 10.0. The first kappa shape index (κ1) is 10.7. The first-order valence-electron chi connectivity index (χ1n) is 4.52. The molecule has 72 valence electrons. The molecule has 0 spiro atoms. The third-order valence-electron chi connectivity index (χ3n) is 2.23. The smallest absolute Gasteiger partial charge is 0.0236 e. The summed E-state index contributed by atoms with van der Waals surface area (Å²) in [5.74, 6) is 0. The first-order chi connectivity index (χ1) is 6.02. The molecule has 0 aliphatic rings. The molecular formula is C11H16BrN. The minimum atomic E-state index is 0.230. The van der Waals surface area contributed by atoms with Gasteiger partial charge in [-0.15, -0.1) is 0 Å². The Morgan fingerprint density at radius 2 is 2.00 bits per heavy atom. The molecule has 13 heavy (non-hydrogen) atoms. The van der Waals surface area contributed by atoms with Crippen LogP contribution in [0.3, 0.4) is 0 Å². The van der Waals surface area contributed by atoms with Crippen molar-refractivity contribution in [2.24, 2.45) is 5.73 Å². The maximum absolute atomic E-state index is 5.77. The van der Waals surface area contributed by atoms with E-state index >= 15 is 0 Å². The highest BCUT2D eigenvalue weighted by molar-refractivity contribution is 9.10. The van der Waals surface area contributed by atoms with Crippen molar-refractivity contribution in [3.63, 3.8) is 0 Å². The number of hydrogen-bond acceptors (Lipinski definition) is 1. The van der Waals surface area contributed by atoms with Crippen LogP contribution in [0.1, 0.15) is 23.6 Å². The van der Waals surface area contributed by atoms with E-state index in [0.29, 0.717) is 0 Å². The van der Waals surface area contributed by atoms with Crippen molar-refractivity contribution in [2.75, 3.05) is 0 Å². The van der Waals surface area contributed by atoms with Gasteiger partial charge in [0.25, 0.3) is 0 Å². The molecule has 2 N–H and O–H groups in total. The van der Waals surface area contributed by atoms with E-state index in [1.807, 2.05) is 6.92 Å². The van der Waals surface area contributed by atoms with Gasteiger partial charge in [0, 0.05) is 10.5 Å². The summed E-state index contributed by atoms with van der Waals surface area (Å²) in [7, 11) is 0. The fourth-order valence-corrected chi connectivity index (χ4v) is 1.82. The van der Waals surface area contributed by atoms with Crippen LogP contribution in [-0.4, -0.2) is 6.04 Å². The van der Waals surface area contributed by atoms with Gasteiger partial charge < -0.3 is 5.73 Å². The second-order valence-corrected chi connectivity index (χ2v) is 4.45. The van der Waals surface area contributed by atoms with Crippen LogP contribution in [0, 0.1) is 13.8 Å².